The second-order valence-electron chi connectivity index (χ2n) is 6.54. The summed E-state index contributed by atoms with van der Waals surface area (Å²) in [6.45, 7) is 1.01. The minimum Gasteiger partial charge on any atom is -0.452 e. The molecule has 2 rings (SSSR count). The number of carbonyl (C=O) groups excluding carboxylic acids is 4. The average Bonchev–Trinajstić information content (AvgIpc) is 2.79. The summed E-state index contributed by atoms with van der Waals surface area (Å²) in [4.78, 5) is 47.2. The molecular formula is C23H24N2O6. The van der Waals surface area contributed by atoms with E-state index in [0.29, 0.717) is 13.1 Å². The van der Waals surface area contributed by atoms with Gasteiger partial charge in [0.25, 0.3) is 11.8 Å². The Labute approximate surface area is 180 Å². The first kappa shape index (κ1) is 23.3. The zero-order chi connectivity index (χ0) is 22.5. The van der Waals surface area contributed by atoms with Crippen LogP contribution in [0.25, 0.3) is 0 Å². The van der Waals surface area contributed by atoms with Crippen LogP contribution in [0.4, 0.5) is 0 Å². The molecule has 0 saturated heterocycles. The third-order valence-electron chi connectivity index (χ3n) is 4.00. The maximum Gasteiger partial charge on any atom is 0.334 e. The predicted molar refractivity (Wildman–Crippen MR) is 112 cm³/mol. The highest BCUT2D eigenvalue weighted by molar-refractivity contribution is 5.97. The first-order chi connectivity index (χ1) is 14.9. The molecule has 0 radical (unpaired) electrons. The Morgan fingerprint density at radius 1 is 0.742 bits per heavy atom. The van der Waals surface area contributed by atoms with Crippen LogP contribution in [-0.2, 0) is 41.7 Å². The van der Waals surface area contributed by atoms with Crippen molar-refractivity contribution >= 4 is 23.8 Å². The van der Waals surface area contributed by atoms with Gasteiger partial charge in [-0.1, -0.05) is 60.7 Å². The lowest BCUT2D eigenvalue weighted by molar-refractivity contribution is -0.146. The van der Waals surface area contributed by atoms with Crippen LogP contribution < -0.4 is 10.6 Å². The van der Waals surface area contributed by atoms with Crippen LogP contribution in [0.1, 0.15) is 18.1 Å². The Hall–Kier alpha value is -3.94. The number of esters is 2. The van der Waals surface area contributed by atoms with E-state index in [1.807, 2.05) is 60.7 Å². The molecule has 0 bridgehead atoms. The van der Waals surface area contributed by atoms with E-state index in [1.165, 1.54) is 6.92 Å². The van der Waals surface area contributed by atoms with Gasteiger partial charge in [0.2, 0.25) is 0 Å². The van der Waals surface area contributed by atoms with E-state index in [-0.39, 0.29) is 5.57 Å². The van der Waals surface area contributed by atoms with Gasteiger partial charge >= 0.3 is 11.9 Å². The molecule has 0 aliphatic rings. The predicted octanol–water partition coefficient (Wildman–Crippen LogP) is 1.65. The maximum atomic E-state index is 11.9. The van der Waals surface area contributed by atoms with Gasteiger partial charge in [0, 0.05) is 24.7 Å². The molecule has 0 spiro atoms. The molecule has 8 nitrogen and oxygen atoms in total. The van der Waals surface area contributed by atoms with E-state index >= 15 is 0 Å². The molecule has 162 valence electrons. The van der Waals surface area contributed by atoms with E-state index in [9.17, 15) is 19.2 Å². The van der Waals surface area contributed by atoms with Crippen molar-refractivity contribution in [2.75, 3.05) is 13.2 Å². The van der Waals surface area contributed by atoms with Crippen LogP contribution in [0.3, 0.4) is 0 Å². The van der Waals surface area contributed by atoms with Crippen LogP contribution >= 0.6 is 0 Å². The standard InChI is InChI=1S/C23H24N2O6/c1-17(23(29)31-16-21(27)25-14-19-10-6-3-7-11-19)12-22(28)30-15-20(26)24-13-18-8-4-2-5-9-18/h2-12H,13-16H2,1H3,(H,24,26)(H,25,27). The Balaban J connectivity index is 1.65. The molecule has 2 amide bonds. The number of benzene rings is 2. The first-order valence-electron chi connectivity index (χ1n) is 9.57. The summed E-state index contributed by atoms with van der Waals surface area (Å²) >= 11 is 0. The van der Waals surface area contributed by atoms with Gasteiger partial charge < -0.3 is 20.1 Å². The van der Waals surface area contributed by atoms with Crippen LogP contribution in [0.5, 0.6) is 0 Å². The topological polar surface area (TPSA) is 111 Å². The Kier molecular flexibility index (Phi) is 9.48. The lowest BCUT2D eigenvalue weighted by Crippen LogP contribution is -2.29. The fourth-order valence-corrected chi connectivity index (χ4v) is 2.35. The average molecular weight is 424 g/mol. The monoisotopic (exact) mass is 424 g/mol. The highest BCUT2D eigenvalue weighted by atomic mass is 16.5. The van der Waals surface area contributed by atoms with Crippen molar-refractivity contribution in [2.24, 2.45) is 0 Å². The summed E-state index contributed by atoms with van der Waals surface area (Å²) in [6, 6.07) is 18.5. The molecule has 2 N–H and O–H groups in total. The van der Waals surface area contributed by atoms with Gasteiger partial charge in [-0.3, -0.25) is 9.59 Å². The summed E-state index contributed by atoms with van der Waals surface area (Å²) in [5.74, 6) is -2.64. The van der Waals surface area contributed by atoms with Crippen LogP contribution in [-0.4, -0.2) is 37.0 Å². The second kappa shape index (κ2) is 12.6. The minimum absolute atomic E-state index is 0.0504. The number of amides is 2. The molecule has 0 aromatic heterocycles. The Bertz CT molecular complexity index is 926. The molecule has 0 heterocycles. The third kappa shape index (κ3) is 9.40. The molecule has 31 heavy (non-hydrogen) atoms. The van der Waals surface area contributed by atoms with Crippen molar-refractivity contribution < 1.29 is 28.7 Å². The fourth-order valence-electron chi connectivity index (χ4n) is 2.35. The van der Waals surface area contributed by atoms with Crippen molar-refractivity contribution in [3.63, 3.8) is 0 Å². The molecule has 8 heteroatoms. The van der Waals surface area contributed by atoms with Gasteiger partial charge in [0.1, 0.15) is 0 Å². The van der Waals surface area contributed by atoms with E-state index in [2.05, 4.69) is 10.6 Å². The number of rotatable bonds is 10. The van der Waals surface area contributed by atoms with Crippen molar-refractivity contribution in [1.29, 1.82) is 0 Å². The molecule has 0 aliphatic heterocycles. The summed E-state index contributed by atoms with van der Waals surface area (Å²) < 4.78 is 9.67. The van der Waals surface area contributed by atoms with E-state index in [4.69, 9.17) is 9.47 Å². The van der Waals surface area contributed by atoms with E-state index in [0.717, 1.165) is 17.2 Å². The van der Waals surface area contributed by atoms with Crippen molar-refractivity contribution in [2.45, 2.75) is 20.0 Å². The molecule has 0 atom stereocenters. The Morgan fingerprint density at radius 3 is 1.68 bits per heavy atom. The summed E-state index contributed by atoms with van der Waals surface area (Å²) in [5, 5.41) is 5.23. The zero-order valence-corrected chi connectivity index (χ0v) is 17.1. The normalized spacial score (nSPS) is 10.7. The van der Waals surface area contributed by atoms with Crippen LogP contribution in [0.15, 0.2) is 72.3 Å². The van der Waals surface area contributed by atoms with Crippen molar-refractivity contribution in [3.8, 4) is 0 Å². The Morgan fingerprint density at radius 2 is 1.19 bits per heavy atom. The number of ether oxygens (including phenoxy) is 2. The lowest BCUT2D eigenvalue weighted by Gasteiger charge is -2.07. The molecule has 0 unspecified atom stereocenters. The maximum absolute atomic E-state index is 11.9. The lowest BCUT2D eigenvalue weighted by atomic mass is 10.2. The zero-order valence-electron chi connectivity index (χ0n) is 17.1. The minimum atomic E-state index is -0.863. The number of nitrogens with one attached hydrogen (secondary N) is 2. The van der Waals surface area contributed by atoms with E-state index < -0.39 is 37.0 Å². The molecule has 2 aromatic rings. The SMILES string of the molecule is CC(=CC(=O)OCC(=O)NCc1ccccc1)C(=O)OCC(=O)NCc1ccccc1. The highest BCUT2D eigenvalue weighted by Gasteiger charge is 2.12. The van der Waals surface area contributed by atoms with Gasteiger partial charge in [-0.25, -0.2) is 9.59 Å². The fraction of sp³-hybridized carbons (Fsp3) is 0.217. The smallest absolute Gasteiger partial charge is 0.334 e. The number of hydrogen-bond acceptors (Lipinski definition) is 6. The third-order valence-corrected chi connectivity index (χ3v) is 4.00. The largest absolute Gasteiger partial charge is 0.452 e. The first-order valence-corrected chi connectivity index (χ1v) is 9.57. The van der Waals surface area contributed by atoms with Gasteiger partial charge in [-0.2, -0.15) is 0 Å². The molecule has 2 aromatic carbocycles. The summed E-state index contributed by atoms with van der Waals surface area (Å²) in [6.07, 6.45) is 0.911. The van der Waals surface area contributed by atoms with Crippen LogP contribution in [0.2, 0.25) is 0 Å². The highest BCUT2D eigenvalue weighted by Crippen LogP contribution is 2.00. The molecular weight excluding hydrogens is 400 g/mol. The van der Waals surface area contributed by atoms with Gasteiger partial charge in [-0.15, -0.1) is 0 Å². The van der Waals surface area contributed by atoms with Crippen molar-refractivity contribution in [3.05, 3.63) is 83.4 Å². The van der Waals surface area contributed by atoms with E-state index in [1.54, 1.807) is 0 Å². The summed E-state index contributed by atoms with van der Waals surface area (Å²) in [7, 11) is 0. The number of hydrogen-bond donors (Lipinski definition) is 2. The molecule has 0 saturated carbocycles. The van der Waals surface area contributed by atoms with Crippen molar-refractivity contribution in [1.82, 2.24) is 10.6 Å². The quantitative estimate of drug-likeness (QED) is 0.443. The van der Waals surface area contributed by atoms with Gasteiger partial charge in [-0.05, 0) is 18.1 Å². The summed E-state index contributed by atoms with van der Waals surface area (Å²) in [5.41, 5.74) is 1.77. The second-order valence-corrected chi connectivity index (χ2v) is 6.54. The van der Waals surface area contributed by atoms with Gasteiger partial charge in [0.05, 0.1) is 0 Å². The van der Waals surface area contributed by atoms with Crippen LogP contribution in [0, 0.1) is 0 Å². The molecule has 0 fully saturated rings. The number of carbonyl (C=O) groups is 4. The molecule has 0 aliphatic carbocycles. The van der Waals surface area contributed by atoms with Gasteiger partial charge in [0.15, 0.2) is 13.2 Å².